The summed E-state index contributed by atoms with van der Waals surface area (Å²) in [6.07, 6.45) is 0. The molecule has 1 aromatic carbocycles. The van der Waals surface area contributed by atoms with Gasteiger partial charge in [-0.3, -0.25) is 0 Å². The van der Waals surface area contributed by atoms with Gasteiger partial charge in [0.05, 0.1) is 5.69 Å². The van der Waals surface area contributed by atoms with Crippen molar-refractivity contribution in [1.82, 2.24) is 9.97 Å². The zero-order chi connectivity index (χ0) is 11.8. The van der Waals surface area contributed by atoms with Gasteiger partial charge in [-0.25, -0.2) is 9.97 Å². The van der Waals surface area contributed by atoms with Gasteiger partial charge in [-0.15, -0.1) is 11.3 Å². The molecule has 4 heteroatoms. The van der Waals surface area contributed by atoms with Gasteiger partial charge in [0, 0.05) is 26.7 Å². The normalized spacial score (nSPS) is 10.9. The number of benzene rings is 1. The summed E-state index contributed by atoms with van der Waals surface area (Å²) in [5.41, 5.74) is 8.61. The number of hydrogen-bond acceptors (Lipinski definition) is 4. The molecule has 0 saturated carbocycles. The molecule has 0 aliphatic carbocycles. The predicted molar refractivity (Wildman–Crippen MR) is 72.0 cm³/mol. The van der Waals surface area contributed by atoms with Crippen molar-refractivity contribution in [1.29, 1.82) is 0 Å². The summed E-state index contributed by atoms with van der Waals surface area (Å²) < 4.78 is 1.26. The number of hydrogen-bond donors (Lipinski definition) is 1. The van der Waals surface area contributed by atoms with Crippen molar-refractivity contribution >= 4 is 27.4 Å². The van der Waals surface area contributed by atoms with Gasteiger partial charge in [0.25, 0.3) is 0 Å². The molecule has 3 nitrogen and oxygen atoms in total. The van der Waals surface area contributed by atoms with E-state index in [-0.39, 0.29) is 0 Å². The molecule has 0 atom stereocenters. The van der Waals surface area contributed by atoms with Crippen LogP contribution in [0.25, 0.3) is 21.3 Å². The van der Waals surface area contributed by atoms with Crippen LogP contribution in [-0.4, -0.2) is 9.97 Å². The average Bonchev–Trinajstić information content (AvgIpc) is 2.71. The molecule has 0 fully saturated rings. The average molecular weight is 241 g/mol. The van der Waals surface area contributed by atoms with Crippen molar-refractivity contribution in [3.05, 3.63) is 41.4 Å². The Morgan fingerprint density at radius 3 is 2.82 bits per heavy atom. The fourth-order valence-corrected chi connectivity index (χ4v) is 2.86. The smallest absolute Gasteiger partial charge is 0.220 e. The fraction of sp³-hybridized carbons (Fsp3) is 0.0769. The van der Waals surface area contributed by atoms with Crippen LogP contribution in [0, 0.1) is 6.92 Å². The second kappa shape index (κ2) is 3.82. The minimum absolute atomic E-state index is 0.329. The van der Waals surface area contributed by atoms with Crippen LogP contribution in [0.3, 0.4) is 0 Å². The number of rotatable bonds is 1. The Morgan fingerprint density at radius 1 is 1.18 bits per heavy atom. The molecular formula is C13H11N3S. The molecule has 0 amide bonds. The third-order valence-electron chi connectivity index (χ3n) is 2.63. The van der Waals surface area contributed by atoms with E-state index in [0.717, 1.165) is 17.0 Å². The molecule has 0 aliphatic rings. The van der Waals surface area contributed by atoms with Crippen LogP contribution in [0.4, 0.5) is 5.95 Å². The number of aryl methyl sites for hydroxylation is 1. The second-order valence-corrected chi connectivity index (χ2v) is 4.81. The number of anilines is 1. The Bertz CT molecular complexity index is 668. The highest BCUT2D eigenvalue weighted by Gasteiger charge is 2.08. The molecule has 17 heavy (non-hydrogen) atoms. The van der Waals surface area contributed by atoms with Crippen molar-refractivity contribution in [2.75, 3.05) is 5.73 Å². The molecule has 0 unspecified atom stereocenters. The van der Waals surface area contributed by atoms with Crippen molar-refractivity contribution in [3.8, 4) is 11.3 Å². The lowest BCUT2D eigenvalue weighted by atomic mass is 10.1. The molecule has 0 aliphatic heterocycles. The first-order valence-electron chi connectivity index (χ1n) is 5.32. The second-order valence-electron chi connectivity index (χ2n) is 3.90. The Morgan fingerprint density at radius 2 is 2.00 bits per heavy atom. The van der Waals surface area contributed by atoms with Crippen LogP contribution in [-0.2, 0) is 0 Å². The van der Waals surface area contributed by atoms with Crippen LogP contribution in [0.15, 0.2) is 35.7 Å². The number of nitrogens with two attached hydrogens (primary N) is 1. The lowest BCUT2D eigenvalue weighted by Crippen LogP contribution is -1.97. The lowest BCUT2D eigenvalue weighted by Gasteiger charge is -2.02. The summed E-state index contributed by atoms with van der Waals surface area (Å²) in [7, 11) is 0. The van der Waals surface area contributed by atoms with E-state index in [1.807, 2.05) is 25.1 Å². The van der Waals surface area contributed by atoms with Crippen LogP contribution in [0.2, 0.25) is 0 Å². The van der Waals surface area contributed by atoms with Gasteiger partial charge in [-0.1, -0.05) is 18.2 Å². The summed E-state index contributed by atoms with van der Waals surface area (Å²) in [5, 5.41) is 3.33. The molecule has 3 rings (SSSR count). The van der Waals surface area contributed by atoms with E-state index in [1.165, 1.54) is 10.1 Å². The van der Waals surface area contributed by atoms with Crippen LogP contribution in [0.1, 0.15) is 5.69 Å². The standard InChI is InChI=1S/C13H11N3S/c1-8-6-11(16-13(14)15-8)10-7-17-12-5-3-2-4-9(10)12/h2-7H,1H3,(H2,14,15,16). The maximum atomic E-state index is 5.69. The molecule has 0 bridgehead atoms. The lowest BCUT2D eigenvalue weighted by molar-refractivity contribution is 1.12. The maximum Gasteiger partial charge on any atom is 0.220 e. The number of nitrogen functional groups attached to an aromatic ring is 1. The van der Waals surface area contributed by atoms with Crippen molar-refractivity contribution in [2.45, 2.75) is 6.92 Å². The minimum Gasteiger partial charge on any atom is -0.368 e. The Labute approximate surface area is 103 Å². The number of aromatic nitrogens is 2. The van der Waals surface area contributed by atoms with E-state index in [9.17, 15) is 0 Å². The Kier molecular flexibility index (Phi) is 2.30. The topological polar surface area (TPSA) is 51.8 Å². The zero-order valence-electron chi connectivity index (χ0n) is 9.34. The SMILES string of the molecule is Cc1cc(-c2csc3ccccc23)nc(N)n1. The molecule has 3 aromatic rings. The van der Waals surface area contributed by atoms with E-state index in [0.29, 0.717) is 5.95 Å². The van der Waals surface area contributed by atoms with Gasteiger partial charge >= 0.3 is 0 Å². The first kappa shape index (κ1) is 10.2. The molecule has 84 valence electrons. The monoisotopic (exact) mass is 241 g/mol. The maximum absolute atomic E-state index is 5.69. The summed E-state index contributed by atoms with van der Waals surface area (Å²) in [5.74, 6) is 0.329. The summed E-state index contributed by atoms with van der Waals surface area (Å²) in [4.78, 5) is 8.39. The van der Waals surface area contributed by atoms with E-state index >= 15 is 0 Å². The number of nitrogens with zero attached hydrogens (tertiary/aromatic N) is 2. The van der Waals surface area contributed by atoms with Crippen LogP contribution >= 0.6 is 11.3 Å². The summed E-state index contributed by atoms with van der Waals surface area (Å²) >= 11 is 1.72. The summed E-state index contributed by atoms with van der Waals surface area (Å²) in [6.45, 7) is 1.93. The molecule has 0 saturated heterocycles. The van der Waals surface area contributed by atoms with Crippen molar-refractivity contribution < 1.29 is 0 Å². The zero-order valence-corrected chi connectivity index (χ0v) is 10.2. The van der Waals surface area contributed by atoms with Gasteiger partial charge in [-0.2, -0.15) is 0 Å². The third-order valence-corrected chi connectivity index (χ3v) is 3.59. The fourth-order valence-electron chi connectivity index (χ4n) is 1.91. The first-order valence-corrected chi connectivity index (χ1v) is 6.20. The third kappa shape index (κ3) is 1.76. The first-order chi connectivity index (χ1) is 8.24. The minimum atomic E-state index is 0.329. The molecule has 2 N–H and O–H groups in total. The van der Waals surface area contributed by atoms with Gasteiger partial charge < -0.3 is 5.73 Å². The van der Waals surface area contributed by atoms with Crippen molar-refractivity contribution in [3.63, 3.8) is 0 Å². The van der Waals surface area contributed by atoms with E-state index in [1.54, 1.807) is 11.3 Å². The van der Waals surface area contributed by atoms with Gasteiger partial charge in [0.1, 0.15) is 0 Å². The van der Waals surface area contributed by atoms with Gasteiger partial charge in [0.2, 0.25) is 5.95 Å². The Balaban J connectivity index is 2.27. The number of thiophene rings is 1. The quantitative estimate of drug-likeness (QED) is 0.711. The van der Waals surface area contributed by atoms with Crippen LogP contribution in [0.5, 0.6) is 0 Å². The summed E-state index contributed by atoms with van der Waals surface area (Å²) in [6, 6.07) is 10.3. The van der Waals surface area contributed by atoms with Gasteiger partial charge in [-0.05, 0) is 19.1 Å². The largest absolute Gasteiger partial charge is 0.368 e. The van der Waals surface area contributed by atoms with E-state index in [2.05, 4.69) is 27.5 Å². The predicted octanol–water partition coefficient (Wildman–Crippen LogP) is 3.25. The molecule has 2 heterocycles. The van der Waals surface area contributed by atoms with E-state index < -0.39 is 0 Å². The van der Waals surface area contributed by atoms with Gasteiger partial charge in [0.15, 0.2) is 0 Å². The molecule has 2 aromatic heterocycles. The molecule has 0 spiro atoms. The molecular weight excluding hydrogens is 230 g/mol. The van der Waals surface area contributed by atoms with Crippen LogP contribution < -0.4 is 5.73 Å². The Hall–Kier alpha value is -1.94. The van der Waals surface area contributed by atoms with E-state index in [4.69, 9.17) is 5.73 Å². The van der Waals surface area contributed by atoms with Crippen molar-refractivity contribution in [2.24, 2.45) is 0 Å². The highest BCUT2D eigenvalue weighted by atomic mass is 32.1. The number of fused-ring (bicyclic) bond motifs is 1. The highest BCUT2D eigenvalue weighted by molar-refractivity contribution is 7.17. The molecule has 0 radical (unpaired) electrons. The highest BCUT2D eigenvalue weighted by Crippen LogP contribution is 2.33.